The first-order valence-electron chi connectivity index (χ1n) is 7.95. The summed E-state index contributed by atoms with van der Waals surface area (Å²) in [5.74, 6) is 1.03. The molecule has 110 valence electrons. The van der Waals surface area contributed by atoms with Crippen molar-refractivity contribution < 1.29 is 4.74 Å². The van der Waals surface area contributed by atoms with Gasteiger partial charge in [-0.05, 0) is 56.9 Å². The highest BCUT2D eigenvalue weighted by molar-refractivity contribution is 5.33. The van der Waals surface area contributed by atoms with E-state index in [4.69, 9.17) is 4.74 Å². The summed E-state index contributed by atoms with van der Waals surface area (Å²) < 4.78 is 5.45. The van der Waals surface area contributed by atoms with Gasteiger partial charge in [0.2, 0.25) is 0 Å². The highest BCUT2D eigenvalue weighted by atomic mass is 16.5. The van der Waals surface area contributed by atoms with Crippen LogP contribution in [0.25, 0.3) is 0 Å². The molecule has 1 atom stereocenters. The molecule has 3 heteroatoms. The molecule has 3 rings (SSSR count). The van der Waals surface area contributed by atoms with Gasteiger partial charge in [0.25, 0.3) is 0 Å². The Bertz CT molecular complexity index is 435. The van der Waals surface area contributed by atoms with Crippen molar-refractivity contribution in [2.75, 3.05) is 39.8 Å². The number of hydrogen-bond donors (Lipinski definition) is 0. The van der Waals surface area contributed by atoms with Gasteiger partial charge in [-0.15, -0.1) is 0 Å². The van der Waals surface area contributed by atoms with Crippen LogP contribution in [-0.4, -0.2) is 55.7 Å². The van der Waals surface area contributed by atoms with Crippen molar-refractivity contribution in [2.24, 2.45) is 0 Å². The first-order chi connectivity index (χ1) is 9.86. The van der Waals surface area contributed by atoms with E-state index in [9.17, 15) is 0 Å². The topological polar surface area (TPSA) is 15.7 Å². The monoisotopic (exact) mass is 274 g/mol. The van der Waals surface area contributed by atoms with Gasteiger partial charge in [0.05, 0.1) is 7.11 Å². The molecule has 2 aliphatic rings. The third-order valence-electron chi connectivity index (χ3n) is 4.78. The minimum Gasteiger partial charge on any atom is -0.496 e. The lowest BCUT2D eigenvalue weighted by atomic mass is 10.1. The summed E-state index contributed by atoms with van der Waals surface area (Å²) in [6.07, 6.45) is 5.20. The minimum atomic E-state index is 0.815. The molecule has 0 aromatic heterocycles. The molecule has 1 aromatic carbocycles. The standard InChI is InChI=1S/C17H26N2O/c1-20-17-8-3-2-6-15(17)9-13-18-10-5-12-19-11-4-7-16(19)14-18/h2-3,6,8,16H,4-5,7,9-14H2,1H3. The molecule has 2 heterocycles. The molecule has 0 bridgehead atoms. The summed E-state index contributed by atoms with van der Waals surface area (Å²) in [7, 11) is 1.77. The molecule has 3 nitrogen and oxygen atoms in total. The zero-order chi connectivity index (χ0) is 13.8. The number of nitrogens with zero attached hydrogens (tertiary/aromatic N) is 2. The number of fused-ring (bicyclic) bond motifs is 1. The molecule has 2 fully saturated rings. The molecule has 1 aromatic rings. The summed E-state index contributed by atoms with van der Waals surface area (Å²) in [4.78, 5) is 5.35. The molecule has 2 saturated heterocycles. The third kappa shape index (κ3) is 3.15. The SMILES string of the molecule is COc1ccccc1CCN1CCCN2CCCC2C1. The predicted molar refractivity (Wildman–Crippen MR) is 82.4 cm³/mol. The van der Waals surface area contributed by atoms with E-state index in [1.165, 1.54) is 51.0 Å². The maximum atomic E-state index is 5.45. The van der Waals surface area contributed by atoms with Crippen LogP contribution in [0.5, 0.6) is 5.75 Å². The predicted octanol–water partition coefficient (Wildman–Crippen LogP) is 2.41. The van der Waals surface area contributed by atoms with Crippen LogP contribution in [-0.2, 0) is 6.42 Å². The molecule has 0 N–H and O–H groups in total. The first-order valence-corrected chi connectivity index (χ1v) is 7.95. The van der Waals surface area contributed by atoms with Crippen LogP contribution in [0.4, 0.5) is 0 Å². The van der Waals surface area contributed by atoms with Crippen LogP contribution in [0.1, 0.15) is 24.8 Å². The average Bonchev–Trinajstić information content (AvgIpc) is 2.83. The molecule has 1 unspecified atom stereocenters. The zero-order valence-electron chi connectivity index (χ0n) is 12.6. The van der Waals surface area contributed by atoms with E-state index in [0.29, 0.717) is 0 Å². The van der Waals surface area contributed by atoms with E-state index >= 15 is 0 Å². The Morgan fingerprint density at radius 1 is 1.15 bits per heavy atom. The maximum absolute atomic E-state index is 5.45. The second kappa shape index (κ2) is 6.59. The molecule has 0 amide bonds. The van der Waals surface area contributed by atoms with Gasteiger partial charge in [0, 0.05) is 19.1 Å². The van der Waals surface area contributed by atoms with Crippen molar-refractivity contribution in [3.05, 3.63) is 29.8 Å². The summed E-state index contributed by atoms with van der Waals surface area (Å²) >= 11 is 0. The number of para-hydroxylation sites is 1. The minimum absolute atomic E-state index is 0.815. The van der Waals surface area contributed by atoms with Crippen LogP contribution in [0, 0.1) is 0 Å². The normalized spacial score (nSPS) is 24.4. The lowest BCUT2D eigenvalue weighted by molar-refractivity contribution is 0.221. The van der Waals surface area contributed by atoms with Crippen LogP contribution in [0.3, 0.4) is 0 Å². The fourth-order valence-corrected chi connectivity index (χ4v) is 3.67. The molecular formula is C17H26N2O. The lowest BCUT2D eigenvalue weighted by Gasteiger charge is -2.25. The smallest absolute Gasteiger partial charge is 0.122 e. The molecule has 20 heavy (non-hydrogen) atoms. The molecular weight excluding hydrogens is 248 g/mol. The van der Waals surface area contributed by atoms with Crippen molar-refractivity contribution in [3.8, 4) is 5.75 Å². The average molecular weight is 274 g/mol. The van der Waals surface area contributed by atoms with Crippen LogP contribution >= 0.6 is 0 Å². The van der Waals surface area contributed by atoms with Crippen LogP contribution < -0.4 is 4.74 Å². The van der Waals surface area contributed by atoms with Crippen LogP contribution in [0.2, 0.25) is 0 Å². The number of methoxy groups -OCH3 is 1. The van der Waals surface area contributed by atoms with Gasteiger partial charge >= 0.3 is 0 Å². The summed E-state index contributed by atoms with van der Waals surface area (Å²) in [6.45, 7) is 6.29. The van der Waals surface area contributed by atoms with E-state index in [0.717, 1.165) is 24.8 Å². The highest BCUT2D eigenvalue weighted by Gasteiger charge is 2.28. The fraction of sp³-hybridized carbons (Fsp3) is 0.647. The first kappa shape index (κ1) is 13.9. The van der Waals surface area contributed by atoms with Gasteiger partial charge in [0.15, 0.2) is 0 Å². The second-order valence-corrected chi connectivity index (χ2v) is 6.05. The lowest BCUT2D eigenvalue weighted by Crippen LogP contribution is -2.37. The summed E-state index contributed by atoms with van der Waals surface area (Å²) in [6, 6.07) is 9.23. The Morgan fingerprint density at radius 3 is 2.90 bits per heavy atom. The Kier molecular flexibility index (Phi) is 4.58. The fourth-order valence-electron chi connectivity index (χ4n) is 3.67. The molecule has 0 spiro atoms. The van der Waals surface area contributed by atoms with E-state index in [1.54, 1.807) is 7.11 Å². The van der Waals surface area contributed by atoms with Gasteiger partial charge in [-0.3, -0.25) is 4.90 Å². The molecule has 0 aliphatic carbocycles. The maximum Gasteiger partial charge on any atom is 0.122 e. The Balaban J connectivity index is 1.57. The third-order valence-corrected chi connectivity index (χ3v) is 4.78. The quantitative estimate of drug-likeness (QED) is 0.838. The van der Waals surface area contributed by atoms with Crippen molar-refractivity contribution in [1.29, 1.82) is 0 Å². The molecule has 2 aliphatic heterocycles. The number of hydrogen-bond acceptors (Lipinski definition) is 3. The number of rotatable bonds is 4. The number of ether oxygens (including phenoxy) is 1. The van der Waals surface area contributed by atoms with E-state index in [-0.39, 0.29) is 0 Å². The van der Waals surface area contributed by atoms with E-state index < -0.39 is 0 Å². The summed E-state index contributed by atoms with van der Waals surface area (Å²) in [5.41, 5.74) is 1.34. The molecule has 0 radical (unpaired) electrons. The summed E-state index contributed by atoms with van der Waals surface area (Å²) in [5, 5.41) is 0. The van der Waals surface area contributed by atoms with Gasteiger partial charge in [-0.2, -0.15) is 0 Å². The van der Waals surface area contributed by atoms with Gasteiger partial charge < -0.3 is 9.64 Å². The van der Waals surface area contributed by atoms with E-state index in [2.05, 4.69) is 28.0 Å². The van der Waals surface area contributed by atoms with Gasteiger partial charge in [-0.25, -0.2) is 0 Å². The zero-order valence-corrected chi connectivity index (χ0v) is 12.6. The number of benzene rings is 1. The van der Waals surface area contributed by atoms with Gasteiger partial charge in [0.1, 0.15) is 5.75 Å². The highest BCUT2D eigenvalue weighted by Crippen LogP contribution is 2.22. The van der Waals surface area contributed by atoms with Crippen LogP contribution in [0.15, 0.2) is 24.3 Å². The van der Waals surface area contributed by atoms with Crippen molar-refractivity contribution in [3.63, 3.8) is 0 Å². The second-order valence-electron chi connectivity index (χ2n) is 6.05. The Morgan fingerprint density at radius 2 is 2.00 bits per heavy atom. The van der Waals surface area contributed by atoms with Crippen molar-refractivity contribution >= 4 is 0 Å². The van der Waals surface area contributed by atoms with Crippen molar-refractivity contribution in [1.82, 2.24) is 9.80 Å². The Hall–Kier alpha value is -1.06. The van der Waals surface area contributed by atoms with Gasteiger partial charge in [-0.1, -0.05) is 18.2 Å². The van der Waals surface area contributed by atoms with E-state index in [1.807, 2.05) is 6.07 Å². The Labute approximate surface area is 122 Å². The van der Waals surface area contributed by atoms with Crippen molar-refractivity contribution in [2.45, 2.75) is 31.7 Å². The molecule has 0 saturated carbocycles. The largest absolute Gasteiger partial charge is 0.496 e.